The van der Waals surface area contributed by atoms with Crippen LogP contribution >= 0.6 is 0 Å². The van der Waals surface area contributed by atoms with E-state index in [4.69, 9.17) is 14.6 Å². The van der Waals surface area contributed by atoms with E-state index in [0.717, 1.165) is 19.4 Å². The summed E-state index contributed by atoms with van der Waals surface area (Å²) < 4.78 is 10.9. The molecule has 3 heteroatoms. The Kier molecular flexibility index (Phi) is 28.8. The van der Waals surface area contributed by atoms with E-state index in [1.54, 1.807) is 0 Å². The molecule has 1 N–H and O–H groups in total. The van der Waals surface area contributed by atoms with Crippen LogP contribution in [0.4, 0.5) is 0 Å². The van der Waals surface area contributed by atoms with Gasteiger partial charge in [0, 0.05) is 19.8 Å². The molecule has 0 aliphatic carbocycles. The molecule has 0 bridgehead atoms. The Balaban J connectivity index is -0.0000000586. The minimum atomic E-state index is -0.0603. The summed E-state index contributed by atoms with van der Waals surface area (Å²) in [6.45, 7) is 20.7. The van der Waals surface area contributed by atoms with Gasteiger partial charge in [0.25, 0.3) is 0 Å². The topological polar surface area (TPSA) is 38.7 Å². The van der Waals surface area contributed by atoms with E-state index in [9.17, 15) is 0 Å². The smallest absolute Gasteiger partial charge is 0.0598 e. The maximum atomic E-state index is 8.38. The summed E-state index contributed by atoms with van der Waals surface area (Å²) >= 11 is 0. The van der Waals surface area contributed by atoms with Crippen molar-refractivity contribution in [3.63, 3.8) is 0 Å². The minimum Gasteiger partial charge on any atom is -0.396 e. The first kappa shape index (κ1) is 39.1. The van der Waals surface area contributed by atoms with Gasteiger partial charge in [-0.25, -0.2) is 0 Å². The second-order valence-electron chi connectivity index (χ2n) is 8.31. The maximum absolute atomic E-state index is 8.38. The van der Waals surface area contributed by atoms with Crippen LogP contribution < -0.4 is 0 Å². The Labute approximate surface area is 156 Å². The van der Waals surface area contributed by atoms with Crippen molar-refractivity contribution in [1.82, 2.24) is 0 Å². The largest absolute Gasteiger partial charge is 0.396 e. The minimum absolute atomic E-state index is 0. The van der Waals surface area contributed by atoms with E-state index in [-0.39, 0.29) is 47.5 Å². The Bertz CT molecular complexity index is 203. The van der Waals surface area contributed by atoms with Crippen molar-refractivity contribution in [1.29, 1.82) is 0 Å². The highest BCUT2D eigenvalue weighted by Gasteiger charge is 2.14. The van der Waals surface area contributed by atoms with Gasteiger partial charge in [-0.15, -0.1) is 0 Å². The predicted octanol–water partition coefficient (Wildman–Crippen LogP) is 6.97. The summed E-state index contributed by atoms with van der Waals surface area (Å²) in [5, 5.41) is 8.38. The first-order valence-corrected chi connectivity index (χ1v) is 7.66. The highest BCUT2D eigenvalue weighted by Crippen LogP contribution is 2.19. The Morgan fingerprint density at radius 3 is 1.21 bits per heavy atom. The van der Waals surface area contributed by atoms with Gasteiger partial charge >= 0.3 is 0 Å². The molecule has 0 heterocycles. The fourth-order valence-corrected chi connectivity index (χ4v) is 1.11. The number of aliphatic hydroxyl groups excluding tert-OH is 1. The summed E-state index contributed by atoms with van der Waals surface area (Å²) in [6, 6.07) is 0. The van der Waals surface area contributed by atoms with Gasteiger partial charge in [0.1, 0.15) is 0 Å². The molecule has 0 aromatic carbocycles. The normalized spacial score (nSPS) is 10.8. The number of aliphatic hydroxyl groups is 1. The lowest BCUT2D eigenvalue weighted by atomic mass is 9.93. The summed E-state index contributed by atoms with van der Waals surface area (Å²) in [6.07, 6.45) is 1.86. The molecule has 0 atom stereocenters. The van der Waals surface area contributed by atoms with E-state index < -0.39 is 0 Å². The summed E-state index contributed by atoms with van der Waals surface area (Å²) in [4.78, 5) is 0. The zero-order valence-electron chi connectivity index (χ0n) is 15.3. The third kappa shape index (κ3) is 49.5. The van der Waals surface area contributed by atoms with Crippen LogP contribution in [0.1, 0.15) is 105 Å². The van der Waals surface area contributed by atoms with Crippen molar-refractivity contribution in [2.75, 3.05) is 19.8 Å². The average molecular weight is 355 g/mol. The highest BCUT2D eigenvalue weighted by molar-refractivity contribution is 4.63. The quantitative estimate of drug-likeness (QED) is 0.542. The van der Waals surface area contributed by atoms with Crippen molar-refractivity contribution in [2.45, 2.75) is 116 Å². The Morgan fingerprint density at radius 1 is 0.625 bits per heavy atom. The van der Waals surface area contributed by atoms with Gasteiger partial charge in [-0.2, -0.15) is 0 Å². The SMILES string of the molecule is C.C.C.C.CC(C)(C)CCOC(C)(C)C.CC(C)(C)OCCCO. The van der Waals surface area contributed by atoms with Crippen LogP contribution in [0.3, 0.4) is 0 Å². The van der Waals surface area contributed by atoms with E-state index in [1.165, 1.54) is 0 Å². The van der Waals surface area contributed by atoms with Crippen LogP contribution in [0.2, 0.25) is 0 Å². The lowest BCUT2D eigenvalue weighted by Gasteiger charge is -2.23. The molecule has 156 valence electrons. The molecular weight excluding hydrogens is 300 g/mol. The average Bonchev–Trinajstić information content (AvgIpc) is 2.12. The van der Waals surface area contributed by atoms with Gasteiger partial charge in [-0.3, -0.25) is 0 Å². The molecule has 0 rings (SSSR count). The van der Waals surface area contributed by atoms with Gasteiger partial charge in [0.05, 0.1) is 11.2 Å². The van der Waals surface area contributed by atoms with Crippen LogP contribution in [0.5, 0.6) is 0 Å². The van der Waals surface area contributed by atoms with Crippen molar-refractivity contribution < 1.29 is 14.6 Å². The third-order valence-corrected chi connectivity index (χ3v) is 2.22. The predicted molar refractivity (Wildman–Crippen MR) is 114 cm³/mol. The summed E-state index contributed by atoms with van der Waals surface area (Å²) in [7, 11) is 0. The fourth-order valence-electron chi connectivity index (χ4n) is 1.11. The molecule has 0 aromatic heterocycles. The lowest BCUT2D eigenvalue weighted by Crippen LogP contribution is -2.22. The van der Waals surface area contributed by atoms with E-state index in [2.05, 4.69) is 41.5 Å². The van der Waals surface area contributed by atoms with Crippen molar-refractivity contribution in [3.8, 4) is 0 Å². The van der Waals surface area contributed by atoms with Crippen LogP contribution in [0, 0.1) is 5.41 Å². The Hall–Kier alpha value is -0.120. The van der Waals surface area contributed by atoms with Crippen LogP contribution in [0.25, 0.3) is 0 Å². The molecule has 0 aliphatic rings. The zero-order valence-corrected chi connectivity index (χ0v) is 15.3. The first-order chi connectivity index (χ1) is 8.77. The molecule has 24 heavy (non-hydrogen) atoms. The molecule has 0 spiro atoms. The number of rotatable bonds is 5. The first-order valence-electron chi connectivity index (χ1n) is 7.66. The van der Waals surface area contributed by atoms with Gasteiger partial charge in [0.15, 0.2) is 0 Å². The number of ether oxygens (including phenoxy) is 2. The molecule has 3 nitrogen and oxygen atoms in total. The van der Waals surface area contributed by atoms with Crippen LogP contribution in [-0.2, 0) is 9.47 Å². The fraction of sp³-hybridized carbons (Fsp3) is 1.00. The number of hydrogen-bond donors (Lipinski definition) is 1. The van der Waals surface area contributed by atoms with Crippen molar-refractivity contribution in [3.05, 3.63) is 0 Å². The monoisotopic (exact) mass is 354 g/mol. The molecule has 0 saturated carbocycles. The maximum Gasteiger partial charge on any atom is 0.0598 e. The second-order valence-corrected chi connectivity index (χ2v) is 8.31. The Morgan fingerprint density at radius 2 is 0.958 bits per heavy atom. The summed E-state index contributed by atoms with van der Waals surface area (Å²) in [5.74, 6) is 0. The van der Waals surface area contributed by atoms with Gasteiger partial charge in [-0.1, -0.05) is 50.5 Å². The van der Waals surface area contributed by atoms with Crippen molar-refractivity contribution >= 4 is 0 Å². The summed E-state index contributed by atoms with van der Waals surface area (Å²) in [5.41, 5.74) is 0.353. The van der Waals surface area contributed by atoms with Crippen molar-refractivity contribution in [2.24, 2.45) is 5.41 Å². The lowest BCUT2D eigenvalue weighted by molar-refractivity contribution is -0.0139. The van der Waals surface area contributed by atoms with Gasteiger partial charge in [0.2, 0.25) is 0 Å². The number of hydrogen-bond acceptors (Lipinski definition) is 3. The zero-order chi connectivity index (χ0) is 16.4. The van der Waals surface area contributed by atoms with Gasteiger partial charge in [-0.05, 0) is 59.8 Å². The van der Waals surface area contributed by atoms with E-state index in [0.29, 0.717) is 12.0 Å². The van der Waals surface area contributed by atoms with E-state index in [1.807, 2.05) is 20.8 Å². The van der Waals surface area contributed by atoms with Crippen LogP contribution in [0.15, 0.2) is 0 Å². The standard InChI is InChI=1S/C10H22O.C7H16O2.4CH4/c1-9(2,3)7-8-11-10(4,5)6;1-7(2,3)9-6-4-5-8;;;;/h7-8H2,1-6H3;8H,4-6H2,1-3H3;4*1H4. The highest BCUT2D eigenvalue weighted by atomic mass is 16.5. The van der Waals surface area contributed by atoms with Gasteiger partial charge < -0.3 is 14.6 Å². The molecule has 0 amide bonds. The second kappa shape index (κ2) is 17.7. The molecule has 0 saturated heterocycles. The molecule has 0 radical (unpaired) electrons. The molecule has 0 aliphatic heterocycles. The van der Waals surface area contributed by atoms with E-state index >= 15 is 0 Å². The molecular formula is C21H54O3. The third-order valence-electron chi connectivity index (χ3n) is 2.22. The van der Waals surface area contributed by atoms with Crippen LogP contribution in [-0.4, -0.2) is 36.1 Å². The molecule has 0 fully saturated rings. The molecule has 0 aromatic rings. The molecule has 0 unspecified atom stereocenters.